The van der Waals surface area contributed by atoms with E-state index in [9.17, 15) is 0 Å². The second kappa shape index (κ2) is 6.39. The predicted octanol–water partition coefficient (Wildman–Crippen LogP) is 1.94. The van der Waals surface area contributed by atoms with Crippen LogP contribution in [0.15, 0.2) is 24.5 Å². The van der Waals surface area contributed by atoms with Crippen molar-refractivity contribution in [3.63, 3.8) is 0 Å². The maximum absolute atomic E-state index is 5.58. The molecule has 17 heavy (non-hydrogen) atoms. The third-order valence-corrected chi connectivity index (χ3v) is 2.87. The van der Waals surface area contributed by atoms with Crippen LogP contribution < -0.4 is 0 Å². The quantitative estimate of drug-likeness (QED) is 0.553. The van der Waals surface area contributed by atoms with Crippen molar-refractivity contribution in [1.29, 1.82) is 0 Å². The molecule has 3 heteroatoms. The zero-order chi connectivity index (χ0) is 12.7. The molecule has 1 heterocycles. The van der Waals surface area contributed by atoms with Crippen LogP contribution in [0.2, 0.25) is 0 Å². The van der Waals surface area contributed by atoms with E-state index in [4.69, 9.17) is 11.2 Å². The van der Waals surface area contributed by atoms with Gasteiger partial charge in [-0.1, -0.05) is 12.0 Å². The Kier molecular flexibility index (Phi) is 5.14. The highest BCUT2D eigenvalue weighted by Gasteiger charge is 2.19. The highest BCUT2D eigenvalue weighted by Crippen LogP contribution is 2.09. The molecule has 92 valence electrons. The van der Waals surface area contributed by atoms with E-state index >= 15 is 0 Å². The lowest BCUT2D eigenvalue weighted by Gasteiger charge is -2.30. The molecule has 0 fully saturated rings. The molecule has 0 aliphatic heterocycles. The smallest absolute Gasteiger partial charge is 0.0764 e. The van der Waals surface area contributed by atoms with E-state index in [1.807, 2.05) is 39.2 Å². The number of rotatable bonds is 6. The second-order valence-electron chi connectivity index (χ2n) is 4.54. The molecule has 0 aliphatic rings. The number of aromatic nitrogens is 1. The number of nitrogens with zero attached hydrogens (tertiary/aromatic N) is 2. The van der Waals surface area contributed by atoms with Gasteiger partial charge in [-0.05, 0) is 32.5 Å². The van der Waals surface area contributed by atoms with Crippen molar-refractivity contribution in [2.24, 2.45) is 0 Å². The number of ether oxygens (including phenoxy) is 1. The monoisotopic (exact) mass is 232 g/mol. The molecule has 3 nitrogen and oxygen atoms in total. The lowest BCUT2D eigenvalue weighted by atomic mass is 10.1. The second-order valence-corrected chi connectivity index (χ2v) is 4.54. The van der Waals surface area contributed by atoms with Gasteiger partial charge in [-0.25, -0.2) is 0 Å². The van der Waals surface area contributed by atoms with Gasteiger partial charge in [0.1, 0.15) is 0 Å². The van der Waals surface area contributed by atoms with E-state index in [0.29, 0.717) is 13.2 Å². The maximum atomic E-state index is 5.58. The Morgan fingerprint density at radius 2 is 2.29 bits per heavy atom. The van der Waals surface area contributed by atoms with Crippen LogP contribution in [0.4, 0.5) is 0 Å². The first-order chi connectivity index (χ1) is 8.06. The number of hydrogen-bond acceptors (Lipinski definition) is 3. The largest absolute Gasteiger partial charge is 0.375 e. The number of hydrogen-bond donors (Lipinski definition) is 0. The first kappa shape index (κ1) is 13.7. The van der Waals surface area contributed by atoms with Gasteiger partial charge in [-0.15, -0.1) is 6.42 Å². The van der Waals surface area contributed by atoms with Crippen molar-refractivity contribution in [3.8, 4) is 12.3 Å². The van der Waals surface area contributed by atoms with Crippen molar-refractivity contribution in [3.05, 3.63) is 30.1 Å². The number of likely N-dealkylation sites (N-methyl/N-ethyl adjacent to an activating group) is 1. The summed E-state index contributed by atoms with van der Waals surface area (Å²) in [6, 6.07) is 3.91. The average molecular weight is 232 g/mol. The van der Waals surface area contributed by atoms with Gasteiger partial charge in [0.15, 0.2) is 0 Å². The fourth-order valence-corrected chi connectivity index (χ4v) is 1.26. The highest BCUT2D eigenvalue weighted by atomic mass is 16.5. The zero-order valence-electron chi connectivity index (χ0n) is 10.8. The van der Waals surface area contributed by atoms with Crippen LogP contribution in [0.3, 0.4) is 0 Å². The van der Waals surface area contributed by atoms with Gasteiger partial charge in [0, 0.05) is 18.9 Å². The minimum absolute atomic E-state index is 0.225. The summed E-state index contributed by atoms with van der Waals surface area (Å²) < 4.78 is 5.58. The average Bonchev–Trinajstić information content (AvgIpc) is 2.35. The Labute approximate surface area is 104 Å². The lowest BCUT2D eigenvalue weighted by Crippen LogP contribution is -2.41. The Balaban J connectivity index is 2.24. The topological polar surface area (TPSA) is 25.4 Å². The molecule has 0 amide bonds. The van der Waals surface area contributed by atoms with Gasteiger partial charge in [-0.2, -0.15) is 0 Å². The van der Waals surface area contributed by atoms with Crippen molar-refractivity contribution in [1.82, 2.24) is 9.88 Å². The Bertz CT molecular complexity index is 368. The molecule has 1 rings (SSSR count). The molecule has 0 bridgehead atoms. The Morgan fingerprint density at radius 3 is 2.88 bits per heavy atom. The fourth-order valence-electron chi connectivity index (χ4n) is 1.26. The van der Waals surface area contributed by atoms with Crippen molar-refractivity contribution < 1.29 is 4.74 Å². The molecule has 0 spiro atoms. The van der Waals surface area contributed by atoms with Gasteiger partial charge < -0.3 is 4.74 Å². The molecule has 0 atom stereocenters. The van der Waals surface area contributed by atoms with Crippen LogP contribution in [0, 0.1) is 12.3 Å². The van der Waals surface area contributed by atoms with Gasteiger partial charge in [0.25, 0.3) is 0 Å². The standard InChI is InChI=1S/C14H20N2O/c1-5-14(2,3)16(4)9-10-17-12-13-7-6-8-15-11-13/h1,6-8,11H,9-10,12H2,2-4H3. The molecule has 0 unspecified atom stereocenters. The van der Waals surface area contributed by atoms with Crippen LogP contribution >= 0.6 is 0 Å². The van der Waals surface area contributed by atoms with Gasteiger partial charge in [0.2, 0.25) is 0 Å². The highest BCUT2D eigenvalue weighted by molar-refractivity contribution is 5.08. The molecule has 0 aromatic carbocycles. The van der Waals surface area contributed by atoms with E-state index in [1.54, 1.807) is 6.20 Å². The normalized spacial score (nSPS) is 11.5. The summed E-state index contributed by atoms with van der Waals surface area (Å²) in [4.78, 5) is 6.14. The van der Waals surface area contributed by atoms with Crippen LogP contribution in [0.1, 0.15) is 19.4 Å². The number of pyridine rings is 1. The Morgan fingerprint density at radius 1 is 1.53 bits per heavy atom. The SMILES string of the molecule is C#CC(C)(C)N(C)CCOCc1cccnc1. The van der Waals surface area contributed by atoms with Crippen LogP contribution in [-0.2, 0) is 11.3 Å². The van der Waals surface area contributed by atoms with Crippen LogP contribution in [0.25, 0.3) is 0 Å². The first-order valence-electron chi connectivity index (χ1n) is 5.72. The van der Waals surface area contributed by atoms with Crippen molar-refractivity contribution in [2.75, 3.05) is 20.2 Å². The molecule has 0 saturated carbocycles. The minimum Gasteiger partial charge on any atom is -0.375 e. The van der Waals surface area contributed by atoms with E-state index < -0.39 is 0 Å². The van der Waals surface area contributed by atoms with E-state index in [0.717, 1.165) is 12.1 Å². The molecular formula is C14H20N2O. The fraction of sp³-hybridized carbons (Fsp3) is 0.500. The minimum atomic E-state index is -0.225. The van der Waals surface area contributed by atoms with Gasteiger partial charge >= 0.3 is 0 Å². The summed E-state index contributed by atoms with van der Waals surface area (Å²) in [6.45, 7) is 6.12. The predicted molar refractivity (Wildman–Crippen MR) is 69.4 cm³/mol. The molecule has 1 aromatic heterocycles. The van der Waals surface area contributed by atoms with E-state index in [2.05, 4.69) is 15.8 Å². The molecule has 1 aromatic rings. The third-order valence-electron chi connectivity index (χ3n) is 2.87. The van der Waals surface area contributed by atoms with Crippen LogP contribution in [0.5, 0.6) is 0 Å². The van der Waals surface area contributed by atoms with Gasteiger partial charge in [-0.3, -0.25) is 9.88 Å². The van der Waals surface area contributed by atoms with Gasteiger partial charge in [0.05, 0.1) is 18.8 Å². The summed E-state index contributed by atoms with van der Waals surface area (Å²) in [5.41, 5.74) is 0.865. The summed E-state index contributed by atoms with van der Waals surface area (Å²) in [5.74, 6) is 2.76. The lowest BCUT2D eigenvalue weighted by molar-refractivity contribution is 0.0814. The van der Waals surface area contributed by atoms with E-state index in [1.165, 1.54) is 0 Å². The zero-order valence-corrected chi connectivity index (χ0v) is 10.8. The number of terminal acetylenes is 1. The summed E-state index contributed by atoms with van der Waals surface area (Å²) >= 11 is 0. The van der Waals surface area contributed by atoms with Crippen LogP contribution in [-0.4, -0.2) is 35.6 Å². The summed E-state index contributed by atoms with van der Waals surface area (Å²) in [7, 11) is 2.01. The summed E-state index contributed by atoms with van der Waals surface area (Å²) in [6.07, 6.45) is 9.03. The van der Waals surface area contributed by atoms with Crippen molar-refractivity contribution in [2.45, 2.75) is 26.0 Å². The molecular weight excluding hydrogens is 212 g/mol. The first-order valence-corrected chi connectivity index (χ1v) is 5.72. The Hall–Kier alpha value is -1.37. The van der Waals surface area contributed by atoms with Crippen molar-refractivity contribution >= 4 is 0 Å². The molecule has 0 saturated heterocycles. The summed E-state index contributed by atoms with van der Waals surface area (Å²) in [5, 5.41) is 0. The maximum Gasteiger partial charge on any atom is 0.0764 e. The van der Waals surface area contributed by atoms with E-state index in [-0.39, 0.29) is 5.54 Å². The molecule has 0 radical (unpaired) electrons. The molecule has 0 N–H and O–H groups in total. The third kappa shape index (κ3) is 4.56. The molecule has 0 aliphatic carbocycles.